The van der Waals surface area contributed by atoms with Crippen LogP contribution in [0.4, 0.5) is 0 Å². The van der Waals surface area contributed by atoms with Gasteiger partial charge in [-0.05, 0) is 18.6 Å². The molecule has 0 N–H and O–H groups in total. The minimum absolute atomic E-state index is 0.571. The summed E-state index contributed by atoms with van der Waals surface area (Å²) in [5, 5.41) is 0.571. The summed E-state index contributed by atoms with van der Waals surface area (Å²) in [6.45, 7) is 2.68. The number of nitrogens with zero attached hydrogens (tertiary/aromatic N) is 2. The van der Waals surface area contributed by atoms with E-state index in [1.165, 1.54) is 5.56 Å². The molecule has 2 nitrogen and oxygen atoms in total. The Morgan fingerprint density at radius 3 is 3.18 bits per heavy atom. The van der Waals surface area contributed by atoms with E-state index in [2.05, 4.69) is 9.98 Å². The molecule has 0 fully saturated rings. The zero-order valence-electron chi connectivity index (χ0n) is 6.13. The number of halogens is 1. The molecule has 2 rings (SSSR count). The van der Waals surface area contributed by atoms with Crippen molar-refractivity contribution in [3.63, 3.8) is 0 Å². The largest absolute Gasteiger partial charge is 0.288 e. The Labute approximate surface area is 69.9 Å². The van der Waals surface area contributed by atoms with Crippen molar-refractivity contribution < 1.29 is 0 Å². The van der Waals surface area contributed by atoms with Crippen molar-refractivity contribution >= 4 is 17.8 Å². The highest BCUT2D eigenvalue weighted by atomic mass is 35.5. The summed E-state index contributed by atoms with van der Waals surface area (Å²) in [6.07, 6.45) is 1.78. The Balaban J connectivity index is 2.67. The van der Waals surface area contributed by atoms with Crippen molar-refractivity contribution in [3.05, 3.63) is 28.0 Å². The smallest absolute Gasteiger partial charge is 0.138 e. The summed E-state index contributed by atoms with van der Waals surface area (Å²) in [5.41, 5.74) is 3.12. The monoisotopic (exact) mass is 166 g/mol. The molecule has 56 valence electrons. The summed E-state index contributed by atoms with van der Waals surface area (Å²) in [7, 11) is 0. The van der Waals surface area contributed by atoms with Crippen LogP contribution in [0.3, 0.4) is 0 Å². The molecule has 2 heterocycles. The van der Waals surface area contributed by atoms with Gasteiger partial charge in [-0.15, -0.1) is 0 Å². The van der Waals surface area contributed by atoms with E-state index in [9.17, 15) is 0 Å². The predicted molar refractivity (Wildman–Crippen MR) is 45.3 cm³/mol. The highest BCUT2D eigenvalue weighted by Gasteiger charge is 2.10. The van der Waals surface area contributed by atoms with Gasteiger partial charge in [0.25, 0.3) is 0 Å². The van der Waals surface area contributed by atoms with E-state index in [1.807, 2.05) is 13.0 Å². The topological polar surface area (TPSA) is 25.2 Å². The maximum Gasteiger partial charge on any atom is 0.138 e. The quantitative estimate of drug-likeness (QED) is 0.541. The van der Waals surface area contributed by atoms with Gasteiger partial charge in [-0.2, -0.15) is 0 Å². The Kier molecular flexibility index (Phi) is 1.43. The van der Waals surface area contributed by atoms with Crippen LogP contribution in [0, 0.1) is 6.92 Å². The van der Waals surface area contributed by atoms with Crippen molar-refractivity contribution in [2.45, 2.75) is 13.5 Å². The number of hydrogen-bond acceptors (Lipinski definition) is 2. The molecule has 1 aromatic rings. The highest BCUT2D eigenvalue weighted by molar-refractivity contribution is 6.32. The van der Waals surface area contributed by atoms with Gasteiger partial charge in [-0.25, -0.2) is 4.98 Å². The fraction of sp³-hybridized carbons (Fsp3) is 0.250. The van der Waals surface area contributed by atoms with E-state index in [0.29, 0.717) is 5.15 Å². The van der Waals surface area contributed by atoms with E-state index in [1.54, 1.807) is 6.21 Å². The molecule has 0 saturated carbocycles. The van der Waals surface area contributed by atoms with Crippen LogP contribution in [-0.4, -0.2) is 11.2 Å². The predicted octanol–water partition coefficient (Wildman–Crippen LogP) is 1.98. The van der Waals surface area contributed by atoms with Gasteiger partial charge in [0.2, 0.25) is 0 Å². The number of aromatic nitrogens is 1. The summed E-state index contributed by atoms with van der Waals surface area (Å²) in [6, 6.07) is 2.02. The molecule has 0 unspecified atom stereocenters. The maximum atomic E-state index is 5.87. The lowest BCUT2D eigenvalue weighted by Crippen LogP contribution is -1.91. The van der Waals surface area contributed by atoms with Gasteiger partial charge >= 0.3 is 0 Å². The molecule has 0 bridgehead atoms. The highest BCUT2D eigenvalue weighted by Crippen LogP contribution is 2.21. The third-order valence-electron chi connectivity index (χ3n) is 1.71. The second kappa shape index (κ2) is 2.31. The summed E-state index contributed by atoms with van der Waals surface area (Å²) in [5.74, 6) is 0. The zero-order chi connectivity index (χ0) is 7.84. The van der Waals surface area contributed by atoms with Crippen LogP contribution >= 0.6 is 11.6 Å². The molecule has 0 atom stereocenters. The van der Waals surface area contributed by atoms with Crippen molar-refractivity contribution in [3.8, 4) is 0 Å². The first-order valence-corrected chi connectivity index (χ1v) is 3.81. The van der Waals surface area contributed by atoms with Crippen molar-refractivity contribution in [1.29, 1.82) is 0 Å². The average Bonchev–Trinajstić information content (AvgIpc) is 2.34. The minimum atomic E-state index is 0.571. The fourth-order valence-electron chi connectivity index (χ4n) is 1.21. The van der Waals surface area contributed by atoms with Crippen LogP contribution in [0.25, 0.3) is 0 Å². The van der Waals surface area contributed by atoms with E-state index in [-0.39, 0.29) is 0 Å². The van der Waals surface area contributed by atoms with Crippen molar-refractivity contribution in [2.24, 2.45) is 4.99 Å². The van der Waals surface area contributed by atoms with Crippen molar-refractivity contribution in [2.75, 3.05) is 0 Å². The van der Waals surface area contributed by atoms with Gasteiger partial charge in [0.05, 0.1) is 6.54 Å². The first kappa shape index (κ1) is 6.80. The standard InChI is InChI=1S/C8H7ClN2/c1-5-2-6-3-10-4-7(6)8(9)11-5/h2,4H,3H2,1H3. The van der Waals surface area contributed by atoms with E-state index < -0.39 is 0 Å². The average molecular weight is 167 g/mol. The number of aliphatic imine (C=N–C) groups is 1. The van der Waals surface area contributed by atoms with Gasteiger partial charge in [0.1, 0.15) is 5.15 Å². The van der Waals surface area contributed by atoms with E-state index in [4.69, 9.17) is 11.6 Å². The normalized spacial score (nSPS) is 13.6. The van der Waals surface area contributed by atoms with Crippen LogP contribution in [-0.2, 0) is 6.54 Å². The molecule has 1 aliphatic heterocycles. The van der Waals surface area contributed by atoms with Crippen LogP contribution < -0.4 is 0 Å². The lowest BCUT2D eigenvalue weighted by molar-refractivity contribution is 1.08. The SMILES string of the molecule is Cc1cc2c(c(Cl)n1)C=NC2. The molecule has 0 spiro atoms. The molecule has 0 saturated heterocycles. The maximum absolute atomic E-state index is 5.87. The molecular weight excluding hydrogens is 160 g/mol. The second-order valence-electron chi connectivity index (χ2n) is 2.60. The molecular formula is C8H7ClN2. The number of hydrogen-bond donors (Lipinski definition) is 0. The van der Waals surface area contributed by atoms with Gasteiger partial charge in [0, 0.05) is 17.5 Å². The third-order valence-corrected chi connectivity index (χ3v) is 2.00. The molecule has 11 heavy (non-hydrogen) atoms. The fourth-order valence-corrected chi connectivity index (χ4v) is 1.52. The molecule has 1 aromatic heterocycles. The second-order valence-corrected chi connectivity index (χ2v) is 2.96. The summed E-state index contributed by atoms with van der Waals surface area (Å²) in [4.78, 5) is 8.22. The Morgan fingerprint density at radius 2 is 2.36 bits per heavy atom. The number of fused-ring (bicyclic) bond motifs is 1. The summed E-state index contributed by atoms with van der Waals surface area (Å²) >= 11 is 5.87. The molecule has 1 aliphatic rings. The van der Waals surface area contributed by atoms with Gasteiger partial charge in [-0.1, -0.05) is 11.6 Å². The zero-order valence-corrected chi connectivity index (χ0v) is 6.89. The van der Waals surface area contributed by atoms with E-state index in [0.717, 1.165) is 17.8 Å². The first-order valence-electron chi connectivity index (χ1n) is 3.43. The Bertz CT molecular complexity index is 331. The minimum Gasteiger partial charge on any atom is -0.288 e. The van der Waals surface area contributed by atoms with Crippen molar-refractivity contribution in [1.82, 2.24) is 4.98 Å². The van der Waals surface area contributed by atoms with E-state index >= 15 is 0 Å². The van der Waals surface area contributed by atoms with Crippen LogP contribution in [0.5, 0.6) is 0 Å². The number of pyridine rings is 1. The molecule has 0 aliphatic carbocycles. The lowest BCUT2D eigenvalue weighted by Gasteiger charge is -1.99. The third kappa shape index (κ3) is 1.03. The van der Waals surface area contributed by atoms with Crippen LogP contribution in [0.2, 0.25) is 5.15 Å². The number of aryl methyl sites for hydroxylation is 1. The van der Waals surface area contributed by atoms with Gasteiger partial charge < -0.3 is 0 Å². The van der Waals surface area contributed by atoms with Crippen LogP contribution in [0.15, 0.2) is 11.1 Å². The number of rotatable bonds is 0. The lowest BCUT2D eigenvalue weighted by atomic mass is 10.1. The molecule has 0 aromatic carbocycles. The Hall–Kier alpha value is -0.890. The molecule has 3 heteroatoms. The molecule has 0 amide bonds. The van der Waals surface area contributed by atoms with Gasteiger partial charge in [-0.3, -0.25) is 4.99 Å². The van der Waals surface area contributed by atoms with Crippen LogP contribution in [0.1, 0.15) is 16.8 Å². The molecule has 0 radical (unpaired) electrons. The van der Waals surface area contributed by atoms with Gasteiger partial charge in [0.15, 0.2) is 0 Å². The Morgan fingerprint density at radius 1 is 1.55 bits per heavy atom. The summed E-state index contributed by atoms with van der Waals surface area (Å²) < 4.78 is 0. The first-order chi connectivity index (χ1) is 5.27.